The van der Waals surface area contributed by atoms with Gasteiger partial charge in [-0.25, -0.2) is 9.98 Å². The third kappa shape index (κ3) is 4.30. The first kappa shape index (κ1) is 16.5. The van der Waals surface area contributed by atoms with Crippen LogP contribution in [-0.2, 0) is 6.54 Å². The summed E-state index contributed by atoms with van der Waals surface area (Å²) in [4.78, 5) is 9.48. The molecule has 0 spiro atoms. The SMILES string of the molecule is N#C/C(N=Cc1cccs1)=C(/C#N)NCc1sc(Cl)nc1Cl. The lowest BCUT2D eigenvalue weighted by Gasteiger charge is -2.03. The number of hydrogen-bond acceptors (Lipinski definition) is 7. The zero-order valence-corrected chi connectivity index (χ0v) is 14.0. The molecule has 0 saturated heterocycles. The van der Waals surface area contributed by atoms with Crippen LogP contribution in [0.25, 0.3) is 0 Å². The van der Waals surface area contributed by atoms with E-state index < -0.39 is 0 Å². The Morgan fingerprint density at radius 1 is 1.41 bits per heavy atom. The molecule has 0 atom stereocenters. The number of allylic oxidation sites excluding steroid dienone is 2. The maximum Gasteiger partial charge on any atom is 0.185 e. The molecule has 110 valence electrons. The van der Waals surface area contributed by atoms with Crippen molar-refractivity contribution in [3.63, 3.8) is 0 Å². The summed E-state index contributed by atoms with van der Waals surface area (Å²) in [7, 11) is 0. The van der Waals surface area contributed by atoms with E-state index >= 15 is 0 Å². The Morgan fingerprint density at radius 2 is 2.23 bits per heavy atom. The average Bonchev–Trinajstić information content (AvgIpc) is 3.12. The second kappa shape index (κ2) is 7.92. The maximum absolute atomic E-state index is 9.17. The van der Waals surface area contributed by atoms with Crippen LogP contribution in [0.5, 0.6) is 0 Å². The fourth-order valence-corrected chi connectivity index (χ4v) is 3.33. The first-order valence-electron chi connectivity index (χ1n) is 5.80. The number of nitriles is 2. The summed E-state index contributed by atoms with van der Waals surface area (Å²) in [5.41, 5.74) is 0.0681. The van der Waals surface area contributed by atoms with Crippen LogP contribution in [0.2, 0.25) is 9.62 Å². The first-order chi connectivity index (χ1) is 10.6. The molecule has 5 nitrogen and oxygen atoms in total. The Hall–Kier alpha value is -1.90. The van der Waals surface area contributed by atoms with Gasteiger partial charge >= 0.3 is 0 Å². The molecule has 0 radical (unpaired) electrons. The van der Waals surface area contributed by atoms with Crippen molar-refractivity contribution in [3.8, 4) is 12.1 Å². The van der Waals surface area contributed by atoms with Crippen LogP contribution in [0.4, 0.5) is 0 Å². The molecular formula is C13H7Cl2N5S2. The highest BCUT2D eigenvalue weighted by Crippen LogP contribution is 2.26. The monoisotopic (exact) mass is 367 g/mol. The maximum atomic E-state index is 9.17. The third-order valence-corrected chi connectivity index (χ3v) is 4.76. The van der Waals surface area contributed by atoms with Gasteiger partial charge in [-0.2, -0.15) is 10.5 Å². The lowest BCUT2D eigenvalue weighted by Crippen LogP contribution is -2.12. The summed E-state index contributed by atoms with van der Waals surface area (Å²) in [6.07, 6.45) is 1.54. The number of aliphatic imine (C=N–C) groups is 1. The first-order valence-corrected chi connectivity index (χ1v) is 8.26. The Kier molecular flexibility index (Phi) is 5.93. The third-order valence-electron chi connectivity index (χ3n) is 2.37. The standard InChI is InChI=1S/C13H7Cl2N5S2/c14-12-11(22-13(15)20-12)7-19-10(5-17)9(4-16)18-6-8-2-1-3-21-8/h1-3,6,19H,7H2/b10-9+,18-6?. The molecule has 0 amide bonds. The van der Waals surface area contributed by atoms with E-state index in [9.17, 15) is 5.26 Å². The van der Waals surface area contributed by atoms with Gasteiger partial charge in [0.15, 0.2) is 15.9 Å². The van der Waals surface area contributed by atoms with Gasteiger partial charge < -0.3 is 5.32 Å². The molecule has 2 aromatic rings. The molecule has 0 aliphatic heterocycles. The predicted molar refractivity (Wildman–Crippen MR) is 89.1 cm³/mol. The van der Waals surface area contributed by atoms with Crippen molar-refractivity contribution in [2.75, 3.05) is 0 Å². The summed E-state index contributed by atoms with van der Waals surface area (Å²) in [6, 6.07) is 7.56. The smallest absolute Gasteiger partial charge is 0.185 e. The van der Waals surface area contributed by atoms with Gasteiger partial charge in [0, 0.05) is 11.1 Å². The lowest BCUT2D eigenvalue weighted by atomic mass is 10.3. The quantitative estimate of drug-likeness (QED) is 0.639. The van der Waals surface area contributed by atoms with Gasteiger partial charge in [-0.05, 0) is 11.4 Å². The van der Waals surface area contributed by atoms with Crippen molar-refractivity contribution in [1.29, 1.82) is 10.5 Å². The van der Waals surface area contributed by atoms with Crippen molar-refractivity contribution in [2.24, 2.45) is 4.99 Å². The largest absolute Gasteiger partial charge is 0.369 e. The minimum Gasteiger partial charge on any atom is -0.369 e. The molecule has 0 aromatic carbocycles. The highest BCUT2D eigenvalue weighted by Gasteiger charge is 2.10. The normalized spacial score (nSPS) is 11.8. The van der Waals surface area contributed by atoms with E-state index in [1.807, 2.05) is 29.7 Å². The van der Waals surface area contributed by atoms with Crippen LogP contribution >= 0.6 is 45.9 Å². The summed E-state index contributed by atoms with van der Waals surface area (Å²) >= 11 is 14.3. The molecule has 0 unspecified atom stereocenters. The molecular weight excluding hydrogens is 361 g/mol. The lowest BCUT2D eigenvalue weighted by molar-refractivity contribution is 0.839. The summed E-state index contributed by atoms with van der Waals surface area (Å²) < 4.78 is 0.320. The number of nitrogens with one attached hydrogen (secondary N) is 1. The fourth-order valence-electron chi connectivity index (χ4n) is 1.40. The van der Waals surface area contributed by atoms with Crippen LogP contribution in [0.15, 0.2) is 33.9 Å². The second-order valence-corrected chi connectivity index (χ2v) is 6.76. The molecule has 0 aliphatic carbocycles. The van der Waals surface area contributed by atoms with Gasteiger partial charge in [-0.15, -0.1) is 22.7 Å². The van der Waals surface area contributed by atoms with Gasteiger partial charge in [0.1, 0.15) is 17.3 Å². The summed E-state index contributed by atoms with van der Waals surface area (Å²) in [5.74, 6) is 0. The van der Waals surface area contributed by atoms with E-state index in [1.54, 1.807) is 6.21 Å². The number of aromatic nitrogens is 1. The minimum absolute atomic E-state index is 0.00244. The number of rotatable bonds is 5. The van der Waals surface area contributed by atoms with Crippen molar-refractivity contribution in [3.05, 3.63) is 48.3 Å². The molecule has 2 rings (SSSR count). The Bertz CT molecular complexity index is 793. The average molecular weight is 368 g/mol. The molecule has 22 heavy (non-hydrogen) atoms. The Labute approximate surface area is 144 Å². The van der Waals surface area contributed by atoms with Gasteiger partial charge in [0.25, 0.3) is 0 Å². The van der Waals surface area contributed by atoms with E-state index in [1.165, 1.54) is 22.7 Å². The van der Waals surface area contributed by atoms with Crippen LogP contribution in [0, 0.1) is 22.7 Å². The zero-order chi connectivity index (χ0) is 15.9. The van der Waals surface area contributed by atoms with Gasteiger partial charge in [-0.1, -0.05) is 29.3 Å². The number of halogens is 2. The molecule has 0 fully saturated rings. The highest BCUT2D eigenvalue weighted by atomic mass is 35.5. The number of thiazole rings is 1. The van der Waals surface area contributed by atoms with Crippen LogP contribution in [-0.4, -0.2) is 11.2 Å². The van der Waals surface area contributed by atoms with E-state index in [0.717, 1.165) is 4.88 Å². The Balaban J connectivity index is 2.15. The van der Waals surface area contributed by atoms with E-state index in [4.69, 9.17) is 28.5 Å². The molecule has 0 aliphatic rings. The molecule has 9 heteroatoms. The van der Waals surface area contributed by atoms with E-state index in [0.29, 0.717) is 9.34 Å². The number of hydrogen-bond donors (Lipinski definition) is 1. The van der Waals surface area contributed by atoms with Gasteiger partial charge in [0.2, 0.25) is 0 Å². The minimum atomic E-state index is 0.00244. The molecule has 1 N–H and O–H groups in total. The topological polar surface area (TPSA) is 84.9 Å². The van der Waals surface area contributed by atoms with Crippen molar-refractivity contribution < 1.29 is 0 Å². The second-order valence-electron chi connectivity index (χ2n) is 3.76. The summed E-state index contributed by atoms with van der Waals surface area (Å²) in [5, 5.41) is 23.3. The van der Waals surface area contributed by atoms with Gasteiger partial charge in [0.05, 0.1) is 11.4 Å². The van der Waals surface area contributed by atoms with Crippen molar-refractivity contribution >= 4 is 52.1 Å². The molecule has 0 bridgehead atoms. The predicted octanol–water partition coefficient (Wildman–Crippen LogP) is 3.98. The Morgan fingerprint density at radius 3 is 2.77 bits per heavy atom. The van der Waals surface area contributed by atoms with Crippen LogP contribution in [0.1, 0.15) is 9.75 Å². The molecule has 2 heterocycles. The highest BCUT2D eigenvalue weighted by molar-refractivity contribution is 7.16. The van der Waals surface area contributed by atoms with Crippen LogP contribution in [0.3, 0.4) is 0 Å². The van der Waals surface area contributed by atoms with Crippen molar-refractivity contribution in [1.82, 2.24) is 10.3 Å². The summed E-state index contributed by atoms with van der Waals surface area (Å²) in [6.45, 7) is 0.242. The van der Waals surface area contributed by atoms with E-state index in [2.05, 4.69) is 15.3 Å². The number of nitrogens with zero attached hydrogens (tertiary/aromatic N) is 4. The zero-order valence-electron chi connectivity index (χ0n) is 10.9. The van der Waals surface area contributed by atoms with Gasteiger partial charge in [-0.3, -0.25) is 0 Å². The van der Waals surface area contributed by atoms with Crippen molar-refractivity contribution in [2.45, 2.75) is 6.54 Å². The molecule has 0 saturated carbocycles. The fraction of sp³-hybridized carbons (Fsp3) is 0.0769. The van der Waals surface area contributed by atoms with E-state index in [-0.39, 0.29) is 23.1 Å². The van der Waals surface area contributed by atoms with Crippen LogP contribution < -0.4 is 5.32 Å². The number of thiophene rings is 1. The molecule has 2 aromatic heterocycles.